The van der Waals surface area contributed by atoms with Gasteiger partial charge in [-0.1, -0.05) is 102 Å². The number of aliphatic hydroxyl groups excluding tert-OH is 1. The molecule has 0 bridgehead atoms. The molecule has 1 amide bonds. The van der Waals surface area contributed by atoms with Crippen molar-refractivity contribution in [3.63, 3.8) is 0 Å². The number of ether oxygens (including phenoxy) is 2. The van der Waals surface area contributed by atoms with E-state index in [9.17, 15) is 9.90 Å². The molecule has 1 aromatic heterocycles. The number of alkyl halides is 3. The monoisotopic (exact) mass is 642 g/mol. The third-order valence-corrected chi connectivity index (χ3v) is 8.39. The molecule has 0 radical (unpaired) electrons. The summed E-state index contributed by atoms with van der Waals surface area (Å²) in [5.41, 5.74) is 5.59. The van der Waals surface area contributed by atoms with E-state index in [0.29, 0.717) is 6.42 Å². The first-order valence-corrected chi connectivity index (χ1v) is 15.5. The molecule has 0 saturated carbocycles. The Labute approximate surface area is 264 Å². The van der Waals surface area contributed by atoms with Gasteiger partial charge in [-0.15, -0.1) is 11.8 Å². The second-order valence-electron chi connectivity index (χ2n) is 9.84. The lowest BCUT2D eigenvalue weighted by Crippen LogP contribution is -2.33. The molecule has 1 fully saturated rings. The summed E-state index contributed by atoms with van der Waals surface area (Å²) in [6, 6.07) is 29.6. The van der Waals surface area contributed by atoms with Gasteiger partial charge in [0.25, 0.3) is 9.70 Å². The van der Waals surface area contributed by atoms with Crippen molar-refractivity contribution in [2.75, 3.05) is 5.75 Å². The molecule has 3 aromatic carbocycles. The molecule has 5 rings (SSSR count). The number of halogens is 3. The molecule has 1 aliphatic heterocycles. The lowest BCUT2D eigenvalue weighted by Gasteiger charge is -2.36. The van der Waals surface area contributed by atoms with Gasteiger partial charge in [0.1, 0.15) is 0 Å². The number of hydrogen-bond donors (Lipinski definition) is 2. The fourth-order valence-corrected chi connectivity index (χ4v) is 5.72. The molecule has 2 N–H and O–H groups in total. The first kappa shape index (κ1) is 30.8. The predicted molar refractivity (Wildman–Crippen MR) is 167 cm³/mol. The van der Waals surface area contributed by atoms with Crippen LogP contribution in [0.15, 0.2) is 102 Å². The average molecular weight is 644 g/mol. The number of aromatic nitrogens is 1. The van der Waals surface area contributed by atoms with Gasteiger partial charge in [-0.05, 0) is 52.1 Å². The Balaban J connectivity index is 1.36. The van der Waals surface area contributed by atoms with Crippen molar-refractivity contribution in [2.24, 2.45) is 0 Å². The molecule has 0 spiro atoms. The van der Waals surface area contributed by atoms with Crippen LogP contribution in [-0.2, 0) is 27.4 Å². The number of carbonyl (C=O) groups is 1. The van der Waals surface area contributed by atoms with E-state index in [4.69, 9.17) is 44.3 Å². The minimum Gasteiger partial charge on any atom is -0.392 e. The molecule has 218 valence electrons. The molecule has 0 aliphatic carbocycles. The van der Waals surface area contributed by atoms with Gasteiger partial charge in [0, 0.05) is 30.5 Å². The summed E-state index contributed by atoms with van der Waals surface area (Å²) in [5, 5.41) is 13.1. The summed E-state index contributed by atoms with van der Waals surface area (Å²) in [4.78, 5) is 16.4. The van der Waals surface area contributed by atoms with Crippen LogP contribution in [0.2, 0.25) is 0 Å². The average Bonchev–Trinajstić information content (AvgIpc) is 3.03. The number of pyridine rings is 1. The van der Waals surface area contributed by atoms with Crippen molar-refractivity contribution in [3.8, 4) is 11.1 Å². The fourth-order valence-electron chi connectivity index (χ4n) is 4.64. The maximum Gasteiger partial charge on any atom is 0.272 e. The lowest BCUT2D eigenvalue weighted by atomic mass is 9.99. The number of benzene rings is 3. The van der Waals surface area contributed by atoms with E-state index in [0.717, 1.165) is 44.2 Å². The molecular weight excluding hydrogens is 615 g/mol. The highest BCUT2D eigenvalue weighted by molar-refractivity contribution is 7.99. The largest absolute Gasteiger partial charge is 0.392 e. The number of nitrogens with zero attached hydrogens (tertiary/aromatic N) is 1. The van der Waals surface area contributed by atoms with Gasteiger partial charge in [-0.2, -0.15) is 0 Å². The van der Waals surface area contributed by atoms with Crippen molar-refractivity contribution in [1.82, 2.24) is 10.3 Å². The van der Waals surface area contributed by atoms with Crippen LogP contribution in [0, 0.1) is 0 Å². The van der Waals surface area contributed by atoms with Crippen molar-refractivity contribution < 1.29 is 19.4 Å². The van der Waals surface area contributed by atoms with Gasteiger partial charge in [0.2, 0.25) is 0 Å². The van der Waals surface area contributed by atoms with E-state index in [1.54, 1.807) is 18.0 Å². The number of amides is 1. The van der Waals surface area contributed by atoms with E-state index in [-0.39, 0.29) is 25.4 Å². The molecule has 0 unspecified atom stereocenters. The standard InChI is InChI=1S/C32H29Cl3N2O4S/c33-32(34,35)31(39)37-18-22-5-3-6-24(15-22)25-7-4-8-26(16-25)30-40-27(20-42-29-9-1-2-14-36-29)17-28(41-30)23-12-10-21(19-38)11-13-23/h1-16,27-28,30,38H,17-20H2,(H,37,39)/t27-,28+,30+/m1/s1. The zero-order chi connectivity index (χ0) is 29.5. The van der Waals surface area contributed by atoms with Crippen LogP contribution < -0.4 is 5.32 Å². The Morgan fingerprint density at radius 3 is 2.38 bits per heavy atom. The summed E-state index contributed by atoms with van der Waals surface area (Å²) in [5.74, 6) is 0.0480. The maximum absolute atomic E-state index is 12.0. The molecule has 1 saturated heterocycles. The summed E-state index contributed by atoms with van der Waals surface area (Å²) in [7, 11) is 0. The van der Waals surface area contributed by atoms with Crippen LogP contribution in [-0.4, -0.2) is 31.6 Å². The zero-order valence-electron chi connectivity index (χ0n) is 22.5. The normalized spacial score (nSPS) is 18.9. The molecule has 10 heteroatoms. The van der Waals surface area contributed by atoms with Crippen LogP contribution in [0.1, 0.15) is 41.1 Å². The lowest BCUT2D eigenvalue weighted by molar-refractivity contribution is -0.245. The Morgan fingerprint density at radius 1 is 0.905 bits per heavy atom. The van der Waals surface area contributed by atoms with E-state index in [2.05, 4.69) is 16.4 Å². The highest BCUT2D eigenvalue weighted by atomic mass is 35.6. The van der Waals surface area contributed by atoms with E-state index in [1.165, 1.54) is 0 Å². The Morgan fingerprint density at radius 2 is 1.67 bits per heavy atom. The third-order valence-electron chi connectivity index (χ3n) is 6.80. The molecular formula is C32H29Cl3N2O4S. The number of aliphatic hydroxyl groups is 1. The quantitative estimate of drug-likeness (QED) is 0.145. The smallest absolute Gasteiger partial charge is 0.272 e. The number of hydrogen-bond acceptors (Lipinski definition) is 6. The summed E-state index contributed by atoms with van der Waals surface area (Å²) >= 11 is 18.7. The molecule has 2 heterocycles. The SMILES string of the molecule is O=C(NCc1cccc(-c2cccc([C@H]3O[C@@H](CSc4ccccn4)C[C@@H](c4ccc(CO)cc4)O3)c2)c1)C(Cl)(Cl)Cl. The van der Waals surface area contributed by atoms with E-state index >= 15 is 0 Å². The van der Waals surface area contributed by atoms with Gasteiger partial charge < -0.3 is 19.9 Å². The second kappa shape index (κ2) is 14.2. The number of rotatable bonds is 9. The van der Waals surface area contributed by atoms with Crippen LogP contribution in [0.5, 0.6) is 0 Å². The van der Waals surface area contributed by atoms with Crippen LogP contribution in [0.4, 0.5) is 0 Å². The highest BCUT2D eigenvalue weighted by Crippen LogP contribution is 2.40. The minimum absolute atomic E-state index is 0.00581. The van der Waals surface area contributed by atoms with Crippen molar-refractivity contribution in [3.05, 3.63) is 119 Å². The van der Waals surface area contributed by atoms with Crippen molar-refractivity contribution in [2.45, 2.75) is 46.9 Å². The topological polar surface area (TPSA) is 80.7 Å². The zero-order valence-corrected chi connectivity index (χ0v) is 25.5. The summed E-state index contributed by atoms with van der Waals surface area (Å²) in [6.07, 6.45) is 1.64. The van der Waals surface area contributed by atoms with Crippen LogP contribution >= 0.6 is 46.6 Å². The number of carbonyl (C=O) groups excluding carboxylic acids is 1. The first-order valence-electron chi connectivity index (χ1n) is 13.4. The Hall–Kier alpha value is -2.62. The van der Waals surface area contributed by atoms with Gasteiger partial charge in [0.15, 0.2) is 6.29 Å². The summed E-state index contributed by atoms with van der Waals surface area (Å²) < 4.78 is 11.0. The van der Waals surface area contributed by atoms with Crippen molar-refractivity contribution in [1.29, 1.82) is 0 Å². The minimum atomic E-state index is -2.02. The van der Waals surface area contributed by atoms with E-state index in [1.807, 2.05) is 84.9 Å². The molecule has 42 heavy (non-hydrogen) atoms. The predicted octanol–water partition coefficient (Wildman–Crippen LogP) is 7.57. The maximum atomic E-state index is 12.0. The first-order chi connectivity index (χ1) is 20.3. The Kier molecular flexibility index (Phi) is 10.4. The van der Waals surface area contributed by atoms with Gasteiger partial charge >= 0.3 is 0 Å². The Bertz CT molecular complexity index is 1490. The number of thioether (sulfide) groups is 1. The van der Waals surface area contributed by atoms with Crippen molar-refractivity contribution >= 4 is 52.5 Å². The van der Waals surface area contributed by atoms with Gasteiger partial charge in [-0.25, -0.2) is 4.98 Å². The van der Waals surface area contributed by atoms with Gasteiger partial charge in [-0.3, -0.25) is 4.79 Å². The molecule has 1 aliphatic rings. The third kappa shape index (κ3) is 8.26. The van der Waals surface area contributed by atoms with Crippen LogP contribution in [0.25, 0.3) is 11.1 Å². The summed E-state index contributed by atoms with van der Waals surface area (Å²) in [6.45, 7) is 0.218. The fraction of sp³-hybridized carbons (Fsp3) is 0.250. The second-order valence-corrected chi connectivity index (χ2v) is 13.2. The van der Waals surface area contributed by atoms with E-state index < -0.39 is 16.0 Å². The number of nitrogens with one attached hydrogen (secondary N) is 1. The molecule has 6 nitrogen and oxygen atoms in total. The van der Waals surface area contributed by atoms with Crippen LogP contribution in [0.3, 0.4) is 0 Å². The highest BCUT2D eigenvalue weighted by Gasteiger charge is 2.33. The molecule has 4 aromatic rings. The molecule has 3 atom stereocenters. The van der Waals surface area contributed by atoms with Gasteiger partial charge in [0.05, 0.1) is 23.8 Å².